The number of rotatable bonds is 7. The maximum atomic E-state index is 9.52. The van der Waals surface area contributed by atoms with Gasteiger partial charge in [-0.3, -0.25) is 0 Å². The molecule has 0 radical (unpaired) electrons. The molecule has 2 atom stereocenters. The number of nitrogens with zero attached hydrogens (tertiary/aromatic N) is 1. The van der Waals surface area contributed by atoms with E-state index in [0.717, 1.165) is 19.3 Å². The quantitative estimate of drug-likeness (QED) is 0.469. The Hall–Kier alpha value is -0.593. The van der Waals surface area contributed by atoms with E-state index in [4.69, 9.17) is 4.43 Å². The minimum absolute atomic E-state index is 0.120. The smallest absolute Gasteiger partial charge is 0.193 e. The average Bonchev–Trinajstić information content (AvgIpc) is 2.31. The van der Waals surface area contributed by atoms with Crippen molar-refractivity contribution in [1.29, 1.82) is 5.26 Å². The molecule has 3 heteroatoms. The minimum atomic E-state index is -1.92. The van der Waals surface area contributed by atoms with Crippen LogP contribution >= 0.6 is 0 Å². The Balaban J connectivity index is 5.12. The first kappa shape index (κ1) is 18.4. The van der Waals surface area contributed by atoms with Gasteiger partial charge < -0.3 is 4.43 Å². The molecule has 0 aromatic rings. The first-order valence-electron chi connectivity index (χ1n) is 7.25. The van der Waals surface area contributed by atoms with Crippen molar-refractivity contribution < 1.29 is 4.43 Å². The molecule has 0 unspecified atom stereocenters. The van der Waals surface area contributed by atoms with Gasteiger partial charge in [-0.15, -0.1) is 6.58 Å². The van der Waals surface area contributed by atoms with Crippen LogP contribution in [-0.2, 0) is 4.43 Å². The standard InChI is InChI=1S/C16H31NOSi/c1-9-11-12-16(6,10-2)14(13-17)18-19(7,8)15(3,4)5/h10,14H,2,9,11-12H2,1,3-8H3/t14-,16+/m0/s1. The first-order chi connectivity index (χ1) is 8.54. The molecule has 0 aromatic heterocycles. The van der Waals surface area contributed by atoms with Crippen LogP contribution in [0.5, 0.6) is 0 Å². The van der Waals surface area contributed by atoms with Gasteiger partial charge in [-0.2, -0.15) is 5.26 Å². The van der Waals surface area contributed by atoms with Gasteiger partial charge in [0.05, 0.1) is 6.07 Å². The fraction of sp³-hybridized carbons (Fsp3) is 0.812. The van der Waals surface area contributed by atoms with Gasteiger partial charge in [-0.25, -0.2) is 0 Å². The summed E-state index contributed by atoms with van der Waals surface area (Å²) in [6.07, 6.45) is 4.70. The molecule has 0 aliphatic carbocycles. The van der Waals surface area contributed by atoms with Gasteiger partial charge in [0, 0.05) is 5.41 Å². The van der Waals surface area contributed by atoms with Crippen LogP contribution in [-0.4, -0.2) is 14.4 Å². The number of unbranched alkanes of at least 4 members (excludes halogenated alkanes) is 1. The normalized spacial score (nSPS) is 17.4. The summed E-state index contributed by atoms with van der Waals surface area (Å²) >= 11 is 0. The fourth-order valence-corrected chi connectivity index (χ4v) is 2.94. The summed E-state index contributed by atoms with van der Waals surface area (Å²) in [7, 11) is -1.92. The molecule has 2 nitrogen and oxygen atoms in total. The molecule has 0 aliphatic rings. The van der Waals surface area contributed by atoms with Crippen LogP contribution in [0, 0.1) is 16.7 Å². The molecule has 0 heterocycles. The number of nitriles is 1. The lowest BCUT2D eigenvalue weighted by atomic mass is 9.80. The molecule has 0 N–H and O–H groups in total. The van der Waals surface area contributed by atoms with Crippen molar-refractivity contribution in [3.8, 4) is 6.07 Å². The highest BCUT2D eigenvalue weighted by atomic mass is 28.4. The summed E-state index contributed by atoms with van der Waals surface area (Å²) < 4.78 is 6.31. The molecule has 0 rings (SSSR count). The van der Waals surface area contributed by atoms with Gasteiger partial charge in [0.25, 0.3) is 0 Å². The zero-order valence-corrected chi connectivity index (χ0v) is 14.8. The number of hydrogen-bond acceptors (Lipinski definition) is 2. The summed E-state index contributed by atoms with van der Waals surface area (Å²) in [4.78, 5) is 0. The summed E-state index contributed by atoms with van der Waals surface area (Å²) in [5.74, 6) is 0. The molecule has 0 amide bonds. The Morgan fingerprint density at radius 3 is 2.16 bits per heavy atom. The van der Waals surface area contributed by atoms with Gasteiger partial charge in [0.1, 0.15) is 6.10 Å². The Kier molecular flexibility index (Phi) is 6.51. The predicted octanol–water partition coefficient (Wildman–Crippen LogP) is 5.28. The molecule has 0 saturated carbocycles. The third-order valence-corrected chi connectivity index (χ3v) is 8.91. The van der Waals surface area contributed by atoms with Crippen molar-refractivity contribution in [2.75, 3.05) is 0 Å². The summed E-state index contributed by atoms with van der Waals surface area (Å²) in [6, 6.07) is 2.37. The molecule has 110 valence electrons. The van der Waals surface area contributed by atoms with Crippen molar-refractivity contribution >= 4 is 8.32 Å². The minimum Gasteiger partial charge on any atom is -0.401 e. The molecule has 0 saturated heterocycles. The number of hydrogen-bond donors (Lipinski definition) is 0. The van der Waals surface area contributed by atoms with Gasteiger partial charge in [-0.05, 0) is 24.6 Å². The Labute approximate surface area is 121 Å². The van der Waals surface area contributed by atoms with Crippen molar-refractivity contribution in [3.63, 3.8) is 0 Å². The average molecular weight is 282 g/mol. The van der Waals surface area contributed by atoms with E-state index in [1.807, 2.05) is 6.08 Å². The van der Waals surface area contributed by atoms with Gasteiger partial charge in [0.2, 0.25) is 0 Å². The van der Waals surface area contributed by atoms with E-state index in [0.29, 0.717) is 0 Å². The van der Waals surface area contributed by atoms with E-state index in [1.165, 1.54) is 0 Å². The highest BCUT2D eigenvalue weighted by Crippen LogP contribution is 2.41. The van der Waals surface area contributed by atoms with Crippen LogP contribution in [0.3, 0.4) is 0 Å². The van der Waals surface area contributed by atoms with E-state index < -0.39 is 14.4 Å². The topological polar surface area (TPSA) is 33.0 Å². The zero-order valence-electron chi connectivity index (χ0n) is 13.8. The van der Waals surface area contributed by atoms with Crippen LogP contribution in [0.1, 0.15) is 53.9 Å². The third kappa shape index (κ3) is 4.78. The molecule has 0 spiro atoms. The van der Waals surface area contributed by atoms with Crippen molar-refractivity contribution in [1.82, 2.24) is 0 Å². The van der Waals surface area contributed by atoms with E-state index >= 15 is 0 Å². The van der Waals surface area contributed by atoms with Gasteiger partial charge in [-0.1, -0.05) is 53.5 Å². The van der Waals surface area contributed by atoms with Crippen molar-refractivity contribution in [2.45, 2.75) is 78.1 Å². The SMILES string of the molecule is C=C[C@](C)(CCCC)[C@H](C#N)O[Si](C)(C)C(C)(C)C. The Morgan fingerprint density at radius 2 is 1.84 bits per heavy atom. The lowest BCUT2D eigenvalue weighted by molar-refractivity contribution is 0.118. The molecular weight excluding hydrogens is 250 g/mol. The highest BCUT2D eigenvalue weighted by molar-refractivity contribution is 6.74. The Morgan fingerprint density at radius 1 is 1.32 bits per heavy atom. The second-order valence-electron chi connectivity index (χ2n) is 7.20. The first-order valence-corrected chi connectivity index (χ1v) is 10.2. The van der Waals surface area contributed by atoms with Crippen LogP contribution in [0.2, 0.25) is 18.1 Å². The third-order valence-electron chi connectivity index (χ3n) is 4.47. The Bertz CT molecular complexity index is 338. The maximum Gasteiger partial charge on any atom is 0.193 e. The monoisotopic (exact) mass is 281 g/mol. The van der Waals surface area contributed by atoms with Crippen LogP contribution in [0.15, 0.2) is 12.7 Å². The van der Waals surface area contributed by atoms with E-state index in [9.17, 15) is 5.26 Å². The summed E-state index contributed by atoms with van der Waals surface area (Å²) in [5, 5.41) is 9.64. The lowest BCUT2D eigenvalue weighted by Crippen LogP contribution is -2.47. The maximum absolute atomic E-state index is 9.52. The van der Waals surface area contributed by atoms with Crippen LogP contribution in [0.4, 0.5) is 0 Å². The molecular formula is C16H31NOSi. The summed E-state index contributed by atoms with van der Waals surface area (Å²) in [6.45, 7) is 19.2. The van der Waals surface area contributed by atoms with E-state index in [1.54, 1.807) is 0 Å². The second-order valence-corrected chi connectivity index (χ2v) is 12.0. The second kappa shape index (κ2) is 6.72. The van der Waals surface area contributed by atoms with Crippen molar-refractivity contribution in [2.24, 2.45) is 5.41 Å². The zero-order chi connectivity index (χ0) is 15.3. The highest BCUT2D eigenvalue weighted by Gasteiger charge is 2.43. The largest absolute Gasteiger partial charge is 0.401 e. The fourth-order valence-electron chi connectivity index (χ4n) is 1.68. The van der Waals surface area contributed by atoms with Gasteiger partial charge in [0.15, 0.2) is 8.32 Å². The molecule has 0 fully saturated rings. The van der Waals surface area contributed by atoms with Gasteiger partial charge >= 0.3 is 0 Å². The van der Waals surface area contributed by atoms with Crippen molar-refractivity contribution in [3.05, 3.63) is 12.7 Å². The lowest BCUT2D eigenvalue weighted by Gasteiger charge is -2.42. The molecule has 0 bridgehead atoms. The molecule has 0 aliphatic heterocycles. The van der Waals surface area contributed by atoms with Crippen LogP contribution < -0.4 is 0 Å². The molecule has 19 heavy (non-hydrogen) atoms. The van der Waals surface area contributed by atoms with E-state index in [2.05, 4.69) is 60.4 Å². The van der Waals surface area contributed by atoms with Crippen LogP contribution in [0.25, 0.3) is 0 Å². The summed E-state index contributed by atoms with van der Waals surface area (Å²) in [5.41, 5.74) is -0.250. The van der Waals surface area contributed by atoms with E-state index in [-0.39, 0.29) is 10.5 Å². The predicted molar refractivity (Wildman–Crippen MR) is 85.5 cm³/mol. The molecule has 0 aromatic carbocycles.